The predicted octanol–water partition coefficient (Wildman–Crippen LogP) is 2.58. The summed E-state index contributed by atoms with van der Waals surface area (Å²) < 4.78 is 30.4. The summed E-state index contributed by atoms with van der Waals surface area (Å²) in [6.45, 7) is 6.81. The van der Waals surface area contributed by atoms with Crippen LogP contribution in [0.25, 0.3) is 0 Å². The SMILES string of the molecule is CCOC(=O)c1ccc(NC(=O)c2ccc(CN3CCN(S(=O)(=O)CC)CC3)cc2)cc1. The Morgan fingerprint density at radius 1 is 0.906 bits per heavy atom. The van der Waals surface area contributed by atoms with Crippen LogP contribution in [0.5, 0.6) is 0 Å². The molecule has 9 heteroatoms. The van der Waals surface area contributed by atoms with Crippen LogP contribution < -0.4 is 5.32 Å². The summed E-state index contributed by atoms with van der Waals surface area (Å²) in [5, 5.41) is 2.82. The number of piperazine rings is 1. The van der Waals surface area contributed by atoms with Gasteiger partial charge in [-0.05, 0) is 55.8 Å². The quantitative estimate of drug-likeness (QED) is 0.610. The molecule has 1 aliphatic heterocycles. The molecular weight excluding hydrogens is 430 g/mol. The van der Waals surface area contributed by atoms with Gasteiger partial charge in [-0.1, -0.05) is 12.1 Å². The molecule has 8 nitrogen and oxygen atoms in total. The lowest BCUT2D eigenvalue weighted by Gasteiger charge is -2.33. The highest BCUT2D eigenvalue weighted by Gasteiger charge is 2.25. The first-order valence-corrected chi connectivity index (χ1v) is 12.3. The Bertz CT molecular complexity index is 1030. The zero-order valence-corrected chi connectivity index (χ0v) is 19.2. The average Bonchev–Trinajstić information content (AvgIpc) is 2.80. The van der Waals surface area contributed by atoms with Crippen molar-refractivity contribution >= 4 is 27.6 Å². The lowest BCUT2D eigenvalue weighted by atomic mass is 10.1. The maximum Gasteiger partial charge on any atom is 0.338 e. The molecule has 172 valence electrons. The number of esters is 1. The first kappa shape index (κ1) is 23.9. The van der Waals surface area contributed by atoms with Gasteiger partial charge in [0, 0.05) is 44.0 Å². The van der Waals surface area contributed by atoms with Crippen molar-refractivity contribution in [1.29, 1.82) is 0 Å². The maximum atomic E-state index is 12.5. The Balaban J connectivity index is 1.52. The zero-order valence-electron chi connectivity index (χ0n) is 18.4. The molecule has 0 unspecified atom stereocenters. The fourth-order valence-corrected chi connectivity index (χ4v) is 4.56. The number of carbonyl (C=O) groups excluding carboxylic acids is 2. The van der Waals surface area contributed by atoms with E-state index < -0.39 is 16.0 Å². The lowest BCUT2D eigenvalue weighted by Crippen LogP contribution is -2.48. The van der Waals surface area contributed by atoms with Crippen molar-refractivity contribution in [2.24, 2.45) is 0 Å². The molecule has 0 radical (unpaired) electrons. The molecule has 0 aliphatic carbocycles. The van der Waals surface area contributed by atoms with Crippen molar-refractivity contribution in [1.82, 2.24) is 9.21 Å². The van der Waals surface area contributed by atoms with Crippen molar-refractivity contribution in [3.63, 3.8) is 0 Å². The predicted molar refractivity (Wildman–Crippen MR) is 123 cm³/mol. The van der Waals surface area contributed by atoms with Crippen molar-refractivity contribution in [2.45, 2.75) is 20.4 Å². The summed E-state index contributed by atoms with van der Waals surface area (Å²) in [5.74, 6) is -0.500. The van der Waals surface area contributed by atoms with Crippen LogP contribution in [-0.4, -0.2) is 68.0 Å². The maximum absolute atomic E-state index is 12.5. The van der Waals surface area contributed by atoms with Gasteiger partial charge in [-0.15, -0.1) is 0 Å². The molecule has 32 heavy (non-hydrogen) atoms. The van der Waals surface area contributed by atoms with Crippen LogP contribution >= 0.6 is 0 Å². The largest absolute Gasteiger partial charge is 0.462 e. The molecule has 0 spiro atoms. The molecule has 1 N–H and O–H groups in total. The van der Waals surface area contributed by atoms with E-state index in [1.807, 2.05) is 12.1 Å². The standard InChI is InChI=1S/C23H29N3O5S/c1-3-31-23(28)20-9-11-21(12-10-20)24-22(27)19-7-5-18(6-8-19)17-25-13-15-26(16-14-25)32(29,30)4-2/h5-12H,3-4,13-17H2,1-2H3,(H,24,27). The van der Waals surface area contributed by atoms with E-state index in [0.29, 0.717) is 56.1 Å². The highest BCUT2D eigenvalue weighted by Crippen LogP contribution is 2.15. The summed E-state index contributed by atoms with van der Waals surface area (Å²) in [6.07, 6.45) is 0. The zero-order chi connectivity index (χ0) is 23.1. The molecular formula is C23H29N3O5S. The number of nitrogens with zero attached hydrogens (tertiary/aromatic N) is 2. The Labute approximate surface area is 189 Å². The molecule has 1 heterocycles. The molecule has 0 saturated carbocycles. The van der Waals surface area contributed by atoms with E-state index in [-0.39, 0.29) is 11.7 Å². The third kappa shape index (κ3) is 6.15. The topological polar surface area (TPSA) is 96.0 Å². The number of benzene rings is 2. The van der Waals surface area contributed by atoms with Gasteiger partial charge in [-0.25, -0.2) is 13.2 Å². The van der Waals surface area contributed by atoms with Gasteiger partial charge < -0.3 is 10.1 Å². The minimum absolute atomic E-state index is 0.131. The first-order valence-electron chi connectivity index (χ1n) is 10.7. The van der Waals surface area contributed by atoms with E-state index in [2.05, 4.69) is 10.2 Å². The van der Waals surface area contributed by atoms with Gasteiger partial charge in [0.05, 0.1) is 17.9 Å². The number of amides is 1. The number of sulfonamides is 1. The second-order valence-electron chi connectivity index (χ2n) is 7.52. The second kappa shape index (κ2) is 10.7. The summed E-state index contributed by atoms with van der Waals surface area (Å²) in [6, 6.07) is 13.9. The van der Waals surface area contributed by atoms with Crippen LogP contribution in [-0.2, 0) is 21.3 Å². The number of ether oxygens (including phenoxy) is 1. The monoisotopic (exact) mass is 459 g/mol. The van der Waals surface area contributed by atoms with E-state index in [4.69, 9.17) is 4.74 Å². The minimum atomic E-state index is -3.13. The third-order valence-electron chi connectivity index (χ3n) is 5.37. The fraction of sp³-hybridized carbons (Fsp3) is 0.391. The summed E-state index contributed by atoms with van der Waals surface area (Å²) in [5.41, 5.74) is 2.61. The Kier molecular flexibility index (Phi) is 8.00. The Morgan fingerprint density at radius 2 is 1.50 bits per heavy atom. The average molecular weight is 460 g/mol. The molecule has 1 fully saturated rings. The summed E-state index contributed by atoms with van der Waals surface area (Å²) in [7, 11) is -3.13. The number of hydrogen-bond acceptors (Lipinski definition) is 6. The van der Waals surface area contributed by atoms with Crippen molar-refractivity contribution in [3.05, 3.63) is 65.2 Å². The molecule has 2 aromatic rings. The number of nitrogens with one attached hydrogen (secondary N) is 1. The number of anilines is 1. The van der Waals surface area contributed by atoms with Gasteiger partial charge in [-0.2, -0.15) is 4.31 Å². The lowest BCUT2D eigenvalue weighted by molar-refractivity contribution is 0.0526. The highest BCUT2D eigenvalue weighted by molar-refractivity contribution is 7.89. The van der Waals surface area contributed by atoms with Crippen LogP contribution in [0.2, 0.25) is 0 Å². The molecule has 3 rings (SSSR count). The Morgan fingerprint density at radius 3 is 2.06 bits per heavy atom. The van der Waals surface area contributed by atoms with Crippen molar-refractivity contribution < 1.29 is 22.7 Å². The van der Waals surface area contributed by atoms with E-state index in [1.54, 1.807) is 54.6 Å². The molecule has 0 aromatic heterocycles. The van der Waals surface area contributed by atoms with Crippen molar-refractivity contribution in [2.75, 3.05) is 43.9 Å². The molecule has 2 aromatic carbocycles. The molecule has 1 aliphatic rings. The molecule has 1 amide bonds. The van der Waals surface area contributed by atoms with Crippen molar-refractivity contribution in [3.8, 4) is 0 Å². The van der Waals surface area contributed by atoms with Crippen LogP contribution in [0.4, 0.5) is 5.69 Å². The second-order valence-corrected chi connectivity index (χ2v) is 9.78. The van der Waals surface area contributed by atoms with Gasteiger partial charge in [0.1, 0.15) is 0 Å². The normalized spacial score (nSPS) is 15.3. The Hall–Kier alpha value is -2.75. The van der Waals surface area contributed by atoms with Gasteiger partial charge in [0.2, 0.25) is 10.0 Å². The van der Waals surface area contributed by atoms with Gasteiger partial charge >= 0.3 is 5.97 Å². The van der Waals surface area contributed by atoms with Crippen LogP contribution in [0.3, 0.4) is 0 Å². The third-order valence-corrected chi connectivity index (χ3v) is 7.25. The van der Waals surface area contributed by atoms with Gasteiger partial charge in [0.15, 0.2) is 0 Å². The molecule has 1 saturated heterocycles. The fourth-order valence-electron chi connectivity index (χ4n) is 3.48. The number of rotatable bonds is 8. The highest BCUT2D eigenvalue weighted by atomic mass is 32.2. The first-order chi connectivity index (χ1) is 15.3. The van der Waals surface area contributed by atoms with E-state index in [0.717, 1.165) is 5.56 Å². The molecule has 0 bridgehead atoms. The van der Waals surface area contributed by atoms with E-state index in [1.165, 1.54) is 0 Å². The number of carbonyl (C=O) groups is 2. The smallest absolute Gasteiger partial charge is 0.338 e. The van der Waals surface area contributed by atoms with Crippen LogP contribution in [0.15, 0.2) is 48.5 Å². The van der Waals surface area contributed by atoms with Crippen LogP contribution in [0, 0.1) is 0 Å². The van der Waals surface area contributed by atoms with Gasteiger partial charge in [-0.3, -0.25) is 9.69 Å². The number of hydrogen-bond donors (Lipinski definition) is 1. The van der Waals surface area contributed by atoms with E-state index >= 15 is 0 Å². The van der Waals surface area contributed by atoms with E-state index in [9.17, 15) is 18.0 Å². The minimum Gasteiger partial charge on any atom is -0.462 e. The van der Waals surface area contributed by atoms with Crippen LogP contribution in [0.1, 0.15) is 40.1 Å². The summed E-state index contributed by atoms with van der Waals surface area (Å²) >= 11 is 0. The molecule has 0 atom stereocenters. The summed E-state index contributed by atoms with van der Waals surface area (Å²) in [4.78, 5) is 26.4. The van der Waals surface area contributed by atoms with Gasteiger partial charge in [0.25, 0.3) is 5.91 Å².